The average molecular weight is 515 g/mol. The van der Waals surface area contributed by atoms with Crippen LogP contribution in [0.3, 0.4) is 0 Å². The Bertz CT molecular complexity index is 861. The van der Waals surface area contributed by atoms with E-state index in [1.165, 1.54) is 50.4 Å². The molecular weight excluding hydrogens is 460 g/mol. The quantitative estimate of drug-likeness (QED) is 0.239. The highest BCUT2D eigenvalue weighted by atomic mass is 28.4. The zero-order valence-corrected chi connectivity index (χ0v) is 25.7. The molecular formula is C32H54O3Si. The van der Waals surface area contributed by atoms with Gasteiger partial charge in [0.05, 0.1) is 7.11 Å². The van der Waals surface area contributed by atoms with Gasteiger partial charge in [-0.15, -0.1) is 0 Å². The predicted octanol–water partition coefficient (Wildman–Crippen LogP) is 9.17. The molecule has 36 heavy (non-hydrogen) atoms. The lowest BCUT2D eigenvalue weighted by atomic mass is 9.60. The normalized spacial score (nSPS) is 32.6. The Morgan fingerprint density at radius 1 is 1.19 bits per heavy atom. The first-order valence-electron chi connectivity index (χ1n) is 14.6. The van der Waals surface area contributed by atoms with Gasteiger partial charge in [-0.2, -0.15) is 0 Å². The van der Waals surface area contributed by atoms with E-state index in [0.29, 0.717) is 29.8 Å². The van der Waals surface area contributed by atoms with Gasteiger partial charge in [-0.25, -0.2) is 0 Å². The number of fused-ring (bicyclic) bond motifs is 1. The molecule has 0 radical (unpaired) electrons. The van der Waals surface area contributed by atoms with E-state index in [2.05, 4.69) is 66.4 Å². The summed E-state index contributed by atoms with van der Waals surface area (Å²) in [6, 6.07) is 0. The molecule has 0 amide bonds. The minimum Gasteiger partial charge on any atom is -0.469 e. The maximum atomic E-state index is 11.6. The summed E-state index contributed by atoms with van der Waals surface area (Å²) in [5, 5.41) is 0.245. The Labute approximate surface area is 223 Å². The van der Waals surface area contributed by atoms with Crippen molar-refractivity contribution in [2.75, 3.05) is 7.11 Å². The number of methoxy groups -OCH3 is 1. The third kappa shape index (κ3) is 6.65. The van der Waals surface area contributed by atoms with Crippen molar-refractivity contribution in [2.45, 2.75) is 129 Å². The molecule has 0 heterocycles. The van der Waals surface area contributed by atoms with E-state index < -0.39 is 8.32 Å². The lowest BCUT2D eigenvalue weighted by molar-refractivity contribution is -0.140. The van der Waals surface area contributed by atoms with Crippen molar-refractivity contribution in [3.05, 3.63) is 35.5 Å². The first-order valence-corrected chi connectivity index (χ1v) is 17.5. The molecule has 0 aromatic rings. The highest BCUT2D eigenvalue weighted by Crippen LogP contribution is 2.60. The standard InChI is InChI=1S/C32H54O3Si/c1-23-15-18-27(35-36(8,9)31(3,4)5)22-26(23)17-16-25-13-11-21-32(6)28(19-20-29(25)32)24(2)12-10-14-30(33)34-7/h16-17,24,27-29H,1,10-15,18-22H2,2-9H3/b25-16-,26-17+/t24-,27+,28-,29+,32-/m1/s1. The number of hydrogen-bond donors (Lipinski definition) is 0. The van der Waals surface area contributed by atoms with Gasteiger partial charge < -0.3 is 9.16 Å². The van der Waals surface area contributed by atoms with E-state index in [1.54, 1.807) is 5.57 Å². The fraction of sp³-hybridized carbons (Fsp3) is 0.781. The number of hydrogen-bond acceptors (Lipinski definition) is 3. The lowest BCUT2D eigenvalue weighted by Gasteiger charge is -2.44. The molecule has 3 rings (SSSR count). The molecule has 3 nitrogen and oxygen atoms in total. The van der Waals surface area contributed by atoms with Crippen molar-refractivity contribution < 1.29 is 14.0 Å². The number of rotatable bonds is 8. The van der Waals surface area contributed by atoms with E-state index in [0.717, 1.165) is 38.0 Å². The molecule has 0 unspecified atom stereocenters. The van der Waals surface area contributed by atoms with Crippen LogP contribution in [0.25, 0.3) is 0 Å². The van der Waals surface area contributed by atoms with E-state index in [1.807, 2.05) is 0 Å². The van der Waals surface area contributed by atoms with Crippen LogP contribution >= 0.6 is 0 Å². The van der Waals surface area contributed by atoms with Gasteiger partial charge in [0.25, 0.3) is 0 Å². The summed E-state index contributed by atoms with van der Waals surface area (Å²) in [5.41, 5.74) is 4.78. The van der Waals surface area contributed by atoms with Crippen molar-refractivity contribution in [1.29, 1.82) is 0 Å². The van der Waals surface area contributed by atoms with Crippen LogP contribution in [0, 0.1) is 23.2 Å². The number of allylic oxidation sites excluding steroid dienone is 4. The molecule has 3 fully saturated rings. The van der Waals surface area contributed by atoms with Crippen LogP contribution in [-0.4, -0.2) is 27.5 Å². The van der Waals surface area contributed by atoms with Crippen LogP contribution in [0.15, 0.2) is 35.5 Å². The van der Waals surface area contributed by atoms with Crippen molar-refractivity contribution in [1.82, 2.24) is 0 Å². The molecule has 0 N–H and O–H groups in total. The molecule has 3 saturated carbocycles. The smallest absolute Gasteiger partial charge is 0.305 e. The maximum absolute atomic E-state index is 11.6. The van der Waals surface area contributed by atoms with Gasteiger partial charge in [0.2, 0.25) is 0 Å². The largest absolute Gasteiger partial charge is 0.469 e. The van der Waals surface area contributed by atoms with Gasteiger partial charge in [0, 0.05) is 12.5 Å². The Kier molecular flexibility index (Phi) is 9.58. The number of carbonyl (C=O) groups excluding carboxylic acids is 1. The fourth-order valence-electron chi connectivity index (χ4n) is 7.16. The molecule has 204 valence electrons. The van der Waals surface area contributed by atoms with E-state index in [9.17, 15) is 4.79 Å². The SMILES string of the molecule is C=C1CC[C@H](O[Si](C)(C)C(C)(C)C)C/C1=C\C=C1\CCC[C@]2(C)[C@@H]([C@H](C)CCCC(=O)OC)CC[C@@H]12. The summed E-state index contributed by atoms with van der Waals surface area (Å²) in [6.07, 6.45) is 17.5. The maximum Gasteiger partial charge on any atom is 0.305 e. The zero-order chi connectivity index (χ0) is 26.7. The molecule has 0 bridgehead atoms. The Morgan fingerprint density at radius 3 is 2.58 bits per heavy atom. The van der Waals surface area contributed by atoms with Crippen LogP contribution in [-0.2, 0) is 14.0 Å². The molecule has 0 spiro atoms. The van der Waals surface area contributed by atoms with Crippen LogP contribution < -0.4 is 0 Å². The minimum absolute atomic E-state index is 0.0742. The fourth-order valence-corrected chi connectivity index (χ4v) is 8.55. The van der Waals surface area contributed by atoms with Crippen molar-refractivity contribution in [2.24, 2.45) is 23.2 Å². The molecule has 4 heteroatoms. The first kappa shape index (κ1) is 29.4. The summed E-state index contributed by atoms with van der Waals surface area (Å²) < 4.78 is 11.6. The second-order valence-corrected chi connectivity index (χ2v) is 18.6. The number of esters is 1. The van der Waals surface area contributed by atoms with E-state index in [4.69, 9.17) is 9.16 Å². The van der Waals surface area contributed by atoms with Gasteiger partial charge >= 0.3 is 5.97 Å². The molecule has 0 aromatic heterocycles. The first-order chi connectivity index (χ1) is 16.8. The monoisotopic (exact) mass is 514 g/mol. The minimum atomic E-state index is -1.76. The average Bonchev–Trinajstić information content (AvgIpc) is 3.15. The molecule has 0 aromatic carbocycles. The zero-order valence-electron chi connectivity index (χ0n) is 24.7. The summed E-state index contributed by atoms with van der Waals surface area (Å²) in [5.74, 6) is 2.04. The molecule has 3 aliphatic carbocycles. The summed E-state index contributed by atoms with van der Waals surface area (Å²) in [6.45, 7) is 21.1. The van der Waals surface area contributed by atoms with Gasteiger partial charge in [0.15, 0.2) is 8.32 Å². The van der Waals surface area contributed by atoms with E-state index >= 15 is 0 Å². The second-order valence-electron chi connectivity index (χ2n) is 13.8. The van der Waals surface area contributed by atoms with Crippen molar-refractivity contribution in [3.8, 4) is 0 Å². The Hall–Kier alpha value is -1.13. The third-order valence-corrected chi connectivity index (χ3v) is 15.0. The number of ether oxygens (including phenoxy) is 1. The highest BCUT2D eigenvalue weighted by molar-refractivity contribution is 6.74. The molecule has 5 atom stereocenters. The van der Waals surface area contributed by atoms with Crippen LogP contribution in [0.5, 0.6) is 0 Å². The predicted molar refractivity (Wildman–Crippen MR) is 154 cm³/mol. The number of carbonyl (C=O) groups is 1. The van der Waals surface area contributed by atoms with Gasteiger partial charge in [-0.1, -0.05) is 64.5 Å². The summed E-state index contributed by atoms with van der Waals surface area (Å²) in [7, 11) is -0.272. The Morgan fingerprint density at radius 2 is 1.92 bits per heavy atom. The molecule has 3 aliphatic rings. The molecule has 0 saturated heterocycles. The van der Waals surface area contributed by atoms with Crippen LogP contribution in [0.4, 0.5) is 0 Å². The molecule has 0 aliphatic heterocycles. The van der Waals surface area contributed by atoms with Crippen LogP contribution in [0.1, 0.15) is 105 Å². The van der Waals surface area contributed by atoms with Crippen LogP contribution in [0.2, 0.25) is 18.1 Å². The topological polar surface area (TPSA) is 35.5 Å². The second kappa shape index (κ2) is 11.7. The van der Waals surface area contributed by atoms with Gasteiger partial charge in [-0.3, -0.25) is 4.79 Å². The van der Waals surface area contributed by atoms with Gasteiger partial charge in [-0.05, 0) is 111 Å². The summed E-state index contributed by atoms with van der Waals surface area (Å²) >= 11 is 0. The van der Waals surface area contributed by atoms with E-state index in [-0.39, 0.29) is 11.0 Å². The lowest BCUT2D eigenvalue weighted by Crippen LogP contribution is -2.44. The summed E-state index contributed by atoms with van der Waals surface area (Å²) in [4.78, 5) is 11.6. The third-order valence-electron chi connectivity index (χ3n) is 10.4. The van der Waals surface area contributed by atoms with Crippen molar-refractivity contribution >= 4 is 14.3 Å². The highest BCUT2D eigenvalue weighted by Gasteiger charge is 2.50. The van der Waals surface area contributed by atoms with Gasteiger partial charge in [0.1, 0.15) is 0 Å². The van der Waals surface area contributed by atoms with Crippen molar-refractivity contribution in [3.63, 3.8) is 0 Å². The Balaban J connectivity index is 1.68.